The monoisotopic (exact) mass is 522 g/mol. The summed E-state index contributed by atoms with van der Waals surface area (Å²) in [5.41, 5.74) is 3.87. The molecule has 2 aromatic carbocycles. The summed E-state index contributed by atoms with van der Waals surface area (Å²) in [5.74, 6) is -0.00662. The minimum absolute atomic E-state index is 0.00474. The highest BCUT2D eigenvalue weighted by Gasteiger charge is 2.40. The average molecular weight is 523 g/mol. The van der Waals surface area contributed by atoms with Gasteiger partial charge in [-0.2, -0.15) is 5.10 Å². The van der Waals surface area contributed by atoms with Gasteiger partial charge < -0.3 is 5.32 Å². The van der Waals surface area contributed by atoms with Crippen molar-refractivity contribution in [3.05, 3.63) is 76.7 Å². The number of nitrogens with zero attached hydrogens (tertiary/aromatic N) is 3. The Morgan fingerprint density at radius 1 is 1.22 bits per heavy atom. The molecule has 0 radical (unpaired) electrons. The van der Waals surface area contributed by atoms with Crippen molar-refractivity contribution in [1.29, 1.82) is 0 Å². The number of nitrogens with one attached hydrogen (secondary N) is 1. The van der Waals surface area contributed by atoms with Crippen molar-refractivity contribution < 1.29 is 14.0 Å². The fourth-order valence-corrected chi connectivity index (χ4v) is 5.73. The summed E-state index contributed by atoms with van der Waals surface area (Å²) in [6.07, 6.45) is 0.789. The molecule has 1 aliphatic heterocycles. The second-order valence-electron chi connectivity index (χ2n) is 10.6. The zero-order valence-electron chi connectivity index (χ0n) is 22.3. The van der Waals surface area contributed by atoms with E-state index < -0.39 is 0 Å². The molecule has 2 atom stereocenters. The van der Waals surface area contributed by atoms with Crippen molar-refractivity contribution in [2.24, 2.45) is 0 Å². The molecule has 0 aliphatic carbocycles. The van der Waals surface area contributed by atoms with E-state index in [0.717, 1.165) is 34.5 Å². The Labute approximate surface area is 222 Å². The Hall–Kier alpha value is -3.13. The van der Waals surface area contributed by atoms with E-state index in [2.05, 4.69) is 26.1 Å². The molecule has 37 heavy (non-hydrogen) atoms. The number of fused-ring (bicyclic) bond motifs is 1. The highest BCUT2D eigenvalue weighted by molar-refractivity contribution is 8.00. The van der Waals surface area contributed by atoms with Crippen LogP contribution in [0, 0.1) is 12.7 Å². The Bertz CT molecular complexity index is 1310. The highest BCUT2D eigenvalue weighted by Crippen LogP contribution is 2.48. The fraction of sp³-hybridized carbons (Fsp3) is 0.414. The summed E-state index contributed by atoms with van der Waals surface area (Å²) in [5, 5.41) is 7.75. The number of carbonyl (C=O) groups excluding carboxylic acids is 2. The third kappa shape index (κ3) is 5.59. The molecule has 0 saturated carbocycles. The maximum Gasteiger partial charge on any atom is 0.240 e. The number of rotatable bonds is 6. The summed E-state index contributed by atoms with van der Waals surface area (Å²) >= 11 is 1.45. The molecule has 0 bridgehead atoms. The van der Waals surface area contributed by atoms with Crippen molar-refractivity contribution in [2.45, 2.75) is 64.7 Å². The van der Waals surface area contributed by atoms with Crippen molar-refractivity contribution in [3.8, 4) is 5.69 Å². The van der Waals surface area contributed by atoms with Gasteiger partial charge in [-0.05, 0) is 49.6 Å². The number of hydrogen-bond acceptors (Lipinski definition) is 4. The zero-order chi connectivity index (χ0) is 26.9. The van der Waals surface area contributed by atoms with Gasteiger partial charge in [0.05, 0.1) is 22.4 Å². The van der Waals surface area contributed by atoms with Crippen LogP contribution in [0.5, 0.6) is 0 Å². The van der Waals surface area contributed by atoms with Crippen LogP contribution in [0.15, 0.2) is 48.5 Å². The normalized spacial score (nSPS) is 16.8. The van der Waals surface area contributed by atoms with Crippen molar-refractivity contribution in [3.63, 3.8) is 0 Å². The Morgan fingerprint density at radius 3 is 2.59 bits per heavy atom. The summed E-state index contributed by atoms with van der Waals surface area (Å²) in [7, 11) is 0. The lowest BCUT2D eigenvalue weighted by molar-refractivity contribution is -0.123. The molecule has 6 nitrogen and oxygen atoms in total. The van der Waals surface area contributed by atoms with Gasteiger partial charge in [0.1, 0.15) is 18.2 Å². The van der Waals surface area contributed by atoms with Gasteiger partial charge in [-0.15, -0.1) is 11.8 Å². The van der Waals surface area contributed by atoms with Gasteiger partial charge in [0, 0.05) is 17.0 Å². The van der Waals surface area contributed by atoms with Crippen LogP contribution in [0.3, 0.4) is 0 Å². The minimum atomic E-state index is -0.373. The van der Waals surface area contributed by atoms with Crippen LogP contribution in [0.2, 0.25) is 0 Å². The average Bonchev–Trinajstić information content (AvgIpc) is 3.17. The van der Waals surface area contributed by atoms with Crippen LogP contribution in [0.25, 0.3) is 5.69 Å². The van der Waals surface area contributed by atoms with E-state index in [1.165, 1.54) is 23.9 Å². The molecule has 4 rings (SSSR count). The molecule has 0 unspecified atom stereocenters. The molecule has 8 heteroatoms. The number of halogens is 1. The zero-order valence-corrected chi connectivity index (χ0v) is 23.2. The Morgan fingerprint density at radius 2 is 1.95 bits per heavy atom. The van der Waals surface area contributed by atoms with E-state index in [-0.39, 0.29) is 46.6 Å². The lowest BCUT2D eigenvalue weighted by atomic mass is 9.87. The van der Waals surface area contributed by atoms with Crippen LogP contribution < -0.4 is 10.2 Å². The van der Waals surface area contributed by atoms with Crippen LogP contribution in [0.1, 0.15) is 68.7 Å². The molecule has 1 aliphatic rings. The highest BCUT2D eigenvalue weighted by atomic mass is 32.2. The van der Waals surface area contributed by atoms with Crippen molar-refractivity contribution >= 4 is 29.4 Å². The number of amides is 2. The summed E-state index contributed by atoms with van der Waals surface area (Å²) in [6.45, 7) is 12.1. The third-order valence-electron chi connectivity index (χ3n) is 6.62. The molecule has 1 aromatic heterocycles. The molecule has 3 aromatic rings. The second kappa shape index (κ2) is 10.7. The first kappa shape index (κ1) is 26.9. The van der Waals surface area contributed by atoms with Crippen LogP contribution in [-0.2, 0) is 15.0 Å². The quantitative estimate of drug-likeness (QED) is 0.451. The first-order valence-corrected chi connectivity index (χ1v) is 13.7. The van der Waals surface area contributed by atoms with Gasteiger partial charge in [-0.3, -0.25) is 14.5 Å². The van der Waals surface area contributed by atoms with Gasteiger partial charge in [0.25, 0.3) is 0 Å². The molecule has 2 heterocycles. The number of anilines is 1. The number of benzene rings is 2. The molecule has 0 fully saturated rings. The van der Waals surface area contributed by atoms with E-state index in [1.807, 2.05) is 51.1 Å². The predicted octanol–water partition coefficient (Wildman–Crippen LogP) is 5.70. The standard InChI is InChI=1S/C29H35FN4O2S/c1-7-19(3)31-23(35)16-33-24(36)17-37-26(20-12-10-13-21(30)15-20)25-27(29(4,5)6)32-34(28(25)33)22-14-9-8-11-18(22)2/h8-15,19,26H,7,16-17H2,1-6H3,(H,31,35)/t19-,26-/m1/s1. The summed E-state index contributed by atoms with van der Waals surface area (Å²) < 4.78 is 16.2. The Kier molecular flexibility index (Phi) is 7.78. The maximum atomic E-state index is 14.4. The van der Waals surface area contributed by atoms with Crippen LogP contribution in [-0.4, -0.2) is 39.9 Å². The van der Waals surface area contributed by atoms with Crippen LogP contribution in [0.4, 0.5) is 10.2 Å². The van der Waals surface area contributed by atoms with Crippen LogP contribution >= 0.6 is 11.8 Å². The molecule has 2 amide bonds. The number of para-hydroxylation sites is 1. The third-order valence-corrected chi connectivity index (χ3v) is 7.87. The van der Waals surface area contributed by atoms with Crippen molar-refractivity contribution in [1.82, 2.24) is 15.1 Å². The molecular weight excluding hydrogens is 487 g/mol. The topological polar surface area (TPSA) is 67.2 Å². The second-order valence-corrected chi connectivity index (χ2v) is 11.7. The summed E-state index contributed by atoms with van der Waals surface area (Å²) in [6, 6.07) is 14.4. The number of hydrogen-bond donors (Lipinski definition) is 1. The molecule has 0 saturated heterocycles. The molecule has 0 spiro atoms. The molecule has 1 N–H and O–H groups in total. The first-order chi connectivity index (χ1) is 17.5. The van der Waals surface area contributed by atoms with Crippen molar-refractivity contribution in [2.75, 3.05) is 17.2 Å². The number of thioether (sulfide) groups is 1. The van der Waals surface area contributed by atoms with Gasteiger partial charge in [0.15, 0.2) is 0 Å². The lowest BCUT2D eigenvalue weighted by Crippen LogP contribution is -2.44. The largest absolute Gasteiger partial charge is 0.352 e. The van der Waals surface area contributed by atoms with Gasteiger partial charge in [-0.25, -0.2) is 9.07 Å². The smallest absolute Gasteiger partial charge is 0.240 e. The van der Waals surface area contributed by atoms with Gasteiger partial charge >= 0.3 is 0 Å². The van der Waals surface area contributed by atoms with E-state index in [4.69, 9.17) is 5.10 Å². The summed E-state index contributed by atoms with van der Waals surface area (Å²) in [4.78, 5) is 28.3. The molecule has 196 valence electrons. The van der Waals surface area contributed by atoms with E-state index >= 15 is 0 Å². The predicted molar refractivity (Wildman–Crippen MR) is 148 cm³/mol. The van der Waals surface area contributed by atoms with E-state index in [1.54, 1.807) is 15.6 Å². The van der Waals surface area contributed by atoms with E-state index in [9.17, 15) is 14.0 Å². The fourth-order valence-electron chi connectivity index (χ4n) is 4.54. The van der Waals surface area contributed by atoms with E-state index in [0.29, 0.717) is 5.82 Å². The van der Waals surface area contributed by atoms with Gasteiger partial charge in [-0.1, -0.05) is 58.0 Å². The lowest BCUT2D eigenvalue weighted by Gasteiger charge is -2.25. The Balaban J connectivity index is 2.00. The minimum Gasteiger partial charge on any atom is -0.352 e. The van der Waals surface area contributed by atoms with Gasteiger partial charge in [0.2, 0.25) is 11.8 Å². The molecular formula is C29H35FN4O2S. The SMILES string of the molecule is CC[C@@H](C)NC(=O)CN1C(=O)CS[C@H](c2cccc(F)c2)c2c(C(C)(C)C)nn(-c3ccccc3C)c21. The first-order valence-electron chi connectivity index (χ1n) is 12.7. The number of aryl methyl sites for hydroxylation is 1. The number of aromatic nitrogens is 2. The number of carbonyl (C=O) groups is 2. The maximum absolute atomic E-state index is 14.4.